The van der Waals surface area contributed by atoms with E-state index < -0.39 is 15.8 Å². The lowest BCUT2D eigenvalue weighted by molar-refractivity contribution is 0.306. The van der Waals surface area contributed by atoms with Gasteiger partial charge in [-0.25, -0.2) is 17.5 Å². The van der Waals surface area contributed by atoms with Gasteiger partial charge in [-0.3, -0.25) is 0 Å². The highest BCUT2D eigenvalue weighted by atomic mass is 79.9. The number of hydrogen-bond acceptors (Lipinski definition) is 3. The summed E-state index contributed by atoms with van der Waals surface area (Å²) in [6.45, 7) is 2.16. The summed E-state index contributed by atoms with van der Waals surface area (Å²) < 4.78 is 40.9. The summed E-state index contributed by atoms with van der Waals surface area (Å²) in [5.74, 6) is 0.116. The molecule has 1 aromatic rings. The van der Waals surface area contributed by atoms with Crippen LogP contribution in [0.15, 0.2) is 21.5 Å². The number of halogens is 2. The van der Waals surface area contributed by atoms with E-state index in [1.54, 1.807) is 0 Å². The van der Waals surface area contributed by atoms with Crippen molar-refractivity contribution in [3.63, 3.8) is 0 Å². The average Bonchev–Trinajstić information content (AvgIpc) is 2.43. The Labute approximate surface area is 133 Å². The Morgan fingerprint density at radius 3 is 2.52 bits per heavy atom. The normalized spacial score (nSPS) is 23.2. The Hall–Kier alpha value is -0.660. The Balaban J connectivity index is 2.14. The zero-order chi connectivity index (χ0) is 15.6. The van der Waals surface area contributed by atoms with E-state index in [0.29, 0.717) is 5.92 Å². The summed E-state index contributed by atoms with van der Waals surface area (Å²) in [6.07, 6.45) is 4.87. The molecule has 118 valence electrons. The highest BCUT2D eigenvalue weighted by Gasteiger charge is 2.26. The Kier molecular flexibility index (Phi) is 5.27. The molecule has 4 nitrogen and oxygen atoms in total. The van der Waals surface area contributed by atoms with E-state index in [-0.39, 0.29) is 21.1 Å². The molecular weight excluding hydrogens is 359 g/mol. The zero-order valence-electron chi connectivity index (χ0n) is 11.9. The molecule has 0 bridgehead atoms. The van der Waals surface area contributed by atoms with Crippen LogP contribution in [0.4, 0.5) is 10.1 Å². The minimum atomic E-state index is -3.73. The van der Waals surface area contributed by atoms with E-state index in [1.807, 2.05) is 0 Å². The second kappa shape index (κ2) is 6.62. The minimum absolute atomic E-state index is 0.0685. The SMILES string of the molecule is CCC1CCC(NS(=O)(=O)c2cc(Br)c(F)cc2N)CC1. The van der Waals surface area contributed by atoms with Crippen molar-refractivity contribution < 1.29 is 12.8 Å². The molecule has 0 aromatic heterocycles. The van der Waals surface area contributed by atoms with Gasteiger partial charge >= 0.3 is 0 Å². The highest BCUT2D eigenvalue weighted by molar-refractivity contribution is 9.10. The summed E-state index contributed by atoms with van der Waals surface area (Å²) in [4.78, 5) is -0.0756. The maximum Gasteiger partial charge on any atom is 0.242 e. The highest BCUT2D eigenvalue weighted by Crippen LogP contribution is 2.29. The third-order valence-electron chi connectivity index (χ3n) is 4.09. The van der Waals surface area contributed by atoms with Gasteiger partial charge in [-0.1, -0.05) is 13.3 Å². The van der Waals surface area contributed by atoms with Gasteiger partial charge in [0.1, 0.15) is 10.7 Å². The van der Waals surface area contributed by atoms with E-state index in [9.17, 15) is 12.8 Å². The Bertz CT molecular complexity index is 614. The lowest BCUT2D eigenvalue weighted by atomic mass is 9.85. The second-order valence-corrected chi connectivity index (χ2v) is 8.09. The lowest BCUT2D eigenvalue weighted by Gasteiger charge is -2.28. The third kappa shape index (κ3) is 3.96. The van der Waals surface area contributed by atoms with Crippen LogP contribution in [0.5, 0.6) is 0 Å². The summed E-state index contributed by atoms with van der Waals surface area (Å²) >= 11 is 2.99. The standard InChI is InChI=1S/C14H20BrFN2O2S/c1-2-9-3-5-10(6-4-9)18-21(19,20)14-7-11(15)12(16)8-13(14)17/h7-10,18H,2-6,17H2,1H3. The van der Waals surface area contributed by atoms with Crippen molar-refractivity contribution in [2.75, 3.05) is 5.73 Å². The maximum absolute atomic E-state index is 13.3. The van der Waals surface area contributed by atoms with Crippen molar-refractivity contribution in [1.29, 1.82) is 0 Å². The molecule has 21 heavy (non-hydrogen) atoms. The molecule has 0 saturated heterocycles. The van der Waals surface area contributed by atoms with Crippen LogP contribution in [-0.2, 0) is 10.0 Å². The molecule has 1 aliphatic rings. The first kappa shape index (κ1) is 16.7. The first-order chi connectivity index (χ1) is 9.83. The third-order valence-corrected chi connectivity index (χ3v) is 6.27. The smallest absolute Gasteiger partial charge is 0.242 e. The summed E-state index contributed by atoms with van der Waals surface area (Å²) in [7, 11) is -3.73. The summed E-state index contributed by atoms with van der Waals surface area (Å²) in [6, 6.07) is 2.16. The van der Waals surface area contributed by atoms with Gasteiger partial charge < -0.3 is 5.73 Å². The van der Waals surface area contributed by atoms with Crippen molar-refractivity contribution >= 4 is 31.6 Å². The van der Waals surface area contributed by atoms with E-state index in [2.05, 4.69) is 27.6 Å². The predicted molar refractivity (Wildman–Crippen MR) is 84.9 cm³/mol. The number of benzene rings is 1. The quantitative estimate of drug-likeness (QED) is 0.788. The number of rotatable bonds is 4. The van der Waals surface area contributed by atoms with Crippen LogP contribution in [0.3, 0.4) is 0 Å². The average molecular weight is 379 g/mol. The van der Waals surface area contributed by atoms with Gasteiger partial charge in [0.25, 0.3) is 0 Å². The van der Waals surface area contributed by atoms with Gasteiger partial charge in [-0.2, -0.15) is 0 Å². The first-order valence-corrected chi connectivity index (χ1v) is 9.38. The van der Waals surface area contributed by atoms with Crippen LogP contribution < -0.4 is 10.5 Å². The van der Waals surface area contributed by atoms with Crippen LogP contribution in [0.1, 0.15) is 39.0 Å². The Morgan fingerprint density at radius 2 is 1.95 bits per heavy atom. The second-order valence-electron chi connectivity index (χ2n) is 5.55. The van der Waals surface area contributed by atoms with Crippen molar-refractivity contribution in [2.24, 2.45) is 5.92 Å². The molecule has 0 radical (unpaired) electrons. The molecule has 1 saturated carbocycles. The van der Waals surface area contributed by atoms with E-state index >= 15 is 0 Å². The monoisotopic (exact) mass is 378 g/mol. The predicted octanol–water partition coefficient (Wildman–Crippen LogP) is 3.42. The zero-order valence-corrected chi connectivity index (χ0v) is 14.3. The van der Waals surface area contributed by atoms with Gasteiger partial charge in [-0.15, -0.1) is 0 Å². The summed E-state index contributed by atoms with van der Waals surface area (Å²) in [5, 5.41) is 0. The topological polar surface area (TPSA) is 72.2 Å². The summed E-state index contributed by atoms with van der Waals surface area (Å²) in [5.41, 5.74) is 5.57. The number of nitrogens with one attached hydrogen (secondary N) is 1. The van der Waals surface area contributed by atoms with Crippen molar-refractivity contribution in [3.05, 3.63) is 22.4 Å². The van der Waals surface area contributed by atoms with Crippen molar-refractivity contribution in [3.8, 4) is 0 Å². The van der Waals surface area contributed by atoms with Crippen LogP contribution >= 0.6 is 15.9 Å². The molecule has 0 unspecified atom stereocenters. The van der Waals surface area contributed by atoms with Gasteiger partial charge in [0.2, 0.25) is 10.0 Å². The molecule has 1 fully saturated rings. The number of anilines is 1. The van der Waals surface area contributed by atoms with Crippen molar-refractivity contribution in [2.45, 2.75) is 50.0 Å². The fourth-order valence-electron chi connectivity index (χ4n) is 2.75. The van der Waals surface area contributed by atoms with E-state index in [1.165, 1.54) is 6.07 Å². The lowest BCUT2D eigenvalue weighted by Crippen LogP contribution is -2.37. The number of nitrogen functional groups attached to an aromatic ring is 1. The maximum atomic E-state index is 13.3. The number of hydrogen-bond donors (Lipinski definition) is 2. The molecule has 0 heterocycles. The van der Waals surface area contributed by atoms with E-state index in [0.717, 1.165) is 38.2 Å². The van der Waals surface area contributed by atoms with Crippen LogP contribution in [0.25, 0.3) is 0 Å². The van der Waals surface area contributed by atoms with Crippen molar-refractivity contribution in [1.82, 2.24) is 4.72 Å². The van der Waals surface area contributed by atoms with E-state index in [4.69, 9.17) is 5.73 Å². The molecule has 0 aliphatic heterocycles. The van der Waals surface area contributed by atoms with Crippen LogP contribution in [0, 0.1) is 11.7 Å². The Morgan fingerprint density at radius 1 is 1.33 bits per heavy atom. The number of nitrogens with two attached hydrogens (primary N) is 1. The minimum Gasteiger partial charge on any atom is -0.398 e. The number of sulfonamides is 1. The molecule has 0 amide bonds. The van der Waals surface area contributed by atoms with Gasteiger partial charge in [0, 0.05) is 6.04 Å². The molecule has 2 rings (SSSR count). The molecule has 0 spiro atoms. The van der Waals surface area contributed by atoms with Gasteiger partial charge in [0.05, 0.1) is 10.2 Å². The fourth-order valence-corrected chi connectivity index (χ4v) is 4.69. The van der Waals surface area contributed by atoms with Crippen LogP contribution in [0.2, 0.25) is 0 Å². The molecular formula is C14H20BrFN2O2S. The van der Waals surface area contributed by atoms with Crippen LogP contribution in [-0.4, -0.2) is 14.5 Å². The molecule has 1 aliphatic carbocycles. The van der Waals surface area contributed by atoms with Gasteiger partial charge in [0.15, 0.2) is 0 Å². The molecule has 3 N–H and O–H groups in total. The van der Waals surface area contributed by atoms with Gasteiger partial charge in [-0.05, 0) is 59.7 Å². The molecule has 0 atom stereocenters. The molecule has 7 heteroatoms. The largest absolute Gasteiger partial charge is 0.398 e. The fraction of sp³-hybridized carbons (Fsp3) is 0.571. The first-order valence-electron chi connectivity index (χ1n) is 7.10. The molecule has 1 aromatic carbocycles.